The number of rotatable bonds is 4. The zero-order chi connectivity index (χ0) is 13.8. The number of halogens is 3. The van der Waals surface area contributed by atoms with Crippen molar-refractivity contribution in [1.29, 1.82) is 0 Å². The molecule has 0 aliphatic heterocycles. The average molecular weight is 345 g/mol. The van der Waals surface area contributed by atoms with Crippen LogP contribution in [0.5, 0.6) is 0 Å². The van der Waals surface area contributed by atoms with E-state index >= 15 is 0 Å². The van der Waals surface area contributed by atoms with Crippen LogP contribution in [0, 0.1) is 5.82 Å². The van der Waals surface area contributed by atoms with Crippen LogP contribution in [0.2, 0.25) is 5.02 Å². The lowest BCUT2D eigenvalue weighted by molar-refractivity contribution is 0.506. The summed E-state index contributed by atoms with van der Waals surface area (Å²) in [7, 11) is 0. The molecule has 6 heteroatoms. The predicted molar refractivity (Wildman–Crippen MR) is 77.1 cm³/mol. The molecule has 0 amide bonds. The number of hydrazine groups is 1. The van der Waals surface area contributed by atoms with Gasteiger partial charge in [-0.1, -0.05) is 23.7 Å². The molecule has 100 valence electrons. The van der Waals surface area contributed by atoms with E-state index in [0.717, 1.165) is 5.69 Å². The Kier molecular flexibility index (Phi) is 4.87. The van der Waals surface area contributed by atoms with E-state index in [4.69, 9.17) is 17.4 Å². The van der Waals surface area contributed by atoms with Crippen molar-refractivity contribution in [2.45, 2.75) is 12.5 Å². The van der Waals surface area contributed by atoms with Gasteiger partial charge in [-0.3, -0.25) is 16.3 Å². The number of nitrogens with two attached hydrogens (primary N) is 1. The molecule has 0 bridgehead atoms. The molecule has 0 radical (unpaired) electrons. The Morgan fingerprint density at radius 3 is 2.79 bits per heavy atom. The van der Waals surface area contributed by atoms with Gasteiger partial charge in [-0.15, -0.1) is 0 Å². The molecule has 0 spiro atoms. The average Bonchev–Trinajstić information content (AvgIpc) is 2.44. The van der Waals surface area contributed by atoms with Gasteiger partial charge in [0, 0.05) is 28.3 Å². The SMILES string of the molecule is NNC(Cc1ccccn1)c1ccc(Br)c(Cl)c1F. The first-order valence-corrected chi connectivity index (χ1v) is 6.80. The van der Waals surface area contributed by atoms with Crippen molar-refractivity contribution in [3.8, 4) is 0 Å². The normalized spacial score (nSPS) is 12.4. The number of hydrogen-bond donors (Lipinski definition) is 2. The molecular formula is C13H12BrClFN3. The molecule has 0 aliphatic rings. The maximum absolute atomic E-state index is 14.1. The fraction of sp³-hybridized carbons (Fsp3) is 0.154. The summed E-state index contributed by atoms with van der Waals surface area (Å²) in [4.78, 5) is 4.20. The molecule has 3 N–H and O–H groups in total. The van der Waals surface area contributed by atoms with Crippen molar-refractivity contribution >= 4 is 27.5 Å². The number of benzene rings is 1. The van der Waals surface area contributed by atoms with Crippen LogP contribution >= 0.6 is 27.5 Å². The first-order valence-electron chi connectivity index (χ1n) is 5.63. The predicted octanol–water partition coefficient (Wildman–Crippen LogP) is 3.38. The lowest BCUT2D eigenvalue weighted by atomic mass is 10.0. The molecule has 3 nitrogen and oxygen atoms in total. The van der Waals surface area contributed by atoms with Gasteiger partial charge in [0.15, 0.2) is 0 Å². The van der Waals surface area contributed by atoms with Gasteiger partial charge in [0.2, 0.25) is 0 Å². The molecule has 0 saturated heterocycles. The van der Waals surface area contributed by atoms with Gasteiger partial charge in [0.25, 0.3) is 0 Å². The van der Waals surface area contributed by atoms with Gasteiger partial charge < -0.3 is 0 Å². The van der Waals surface area contributed by atoms with E-state index in [-0.39, 0.29) is 11.1 Å². The summed E-state index contributed by atoms with van der Waals surface area (Å²) in [6.07, 6.45) is 2.17. The molecule has 1 aromatic carbocycles. The summed E-state index contributed by atoms with van der Waals surface area (Å²) in [6.45, 7) is 0. The molecule has 19 heavy (non-hydrogen) atoms. The van der Waals surface area contributed by atoms with E-state index in [0.29, 0.717) is 16.5 Å². The topological polar surface area (TPSA) is 50.9 Å². The second-order valence-corrected chi connectivity index (χ2v) is 5.24. The van der Waals surface area contributed by atoms with Crippen molar-refractivity contribution < 1.29 is 4.39 Å². The Bertz CT molecular complexity index is 565. The fourth-order valence-corrected chi connectivity index (χ4v) is 2.27. The maximum Gasteiger partial charge on any atom is 0.147 e. The van der Waals surface area contributed by atoms with Gasteiger partial charge in [0.05, 0.1) is 11.1 Å². The molecule has 0 aliphatic carbocycles. The van der Waals surface area contributed by atoms with Crippen molar-refractivity contribution in [3.63, 3.8) is 0 Å². The summed E-state index contributed by atoms with van der Waals surface area (Å²) in [5.74, 6) is 5.03. The summed E-state index contributed by atoms with van der Waals surface area (Å²) in [6, 6.07) is 8.53. The van der Waals surface area contributed by atoms with Gasteiger partial charge in [0.1, 0.15) is 5.82 Å². The first kappa shape index (κ1) is 14.4. The monoisotopic (exact) mass is 343 g/mol. The summed E-state index contributed by atoms with van der Waals surface area (Å²) < 4.78 is 14.6. The van der Waals surface area contributed by atoms with Crippen molar-refractivity contribution in [1.82, 2.24) is 10.4 Å². The number of pyridine rings is 1. The van der Waals surface area contributed by atoms with Gasteiger partial charge >= 0.3 is 0 Å². The number of nitrogens with zero attached hydrogens (tertiary/aromatic N) is 1. The Labute approximate surface area is 124 Å². The zero-order valence-corrected chi connectivity index (χ0v) is 12.2. The molecule has 1 unspecified atom stereocenters. The molecule has 1 atom stereocenters. The molecule has 1 heterocycles. The number of nitrogens with one attached hydrogen (secondary N) is 1. The minimum absolute atomic E-state index is 0.0544. The summed E-state index contributed by atoms with van der Waals surface area (Å²) in [5, 5.41) is 0.0544. The van der Waals surface area contributed by atoms with Crippen LogP contribution in [0.3, 0.4) is 0 Å². The highest BCUT2D eigenvalue weighted by molar-refractivity contribution is 9.10. The van der Waals surface area contributed by atoms with Crippen LogP contribution in [0.4, 0.5) is 4.39 Å². The maximum atomic E-state index is 14.1. The van der Waals surface area contributed by atoms with Crippen molar-refractivity contribution in [3.05, 3.63) is 63.1 Å². The van der Waals surface area contributed by atoms with Crippen LogP contribution < -0.4 is 11.3 Å². The third-order valence-electron chi connectivity index (χ3n) is 2.78. The summed E-state index contributed by atoms with van der Waals surface area (Å²) >= 11 is 9.06. The van der Waals surface area contributed by atoms with Crippen LogP contribution in [-0.4, -0.2) is 4.98 Å². The fourth-order valence-electron chi connectivity index (χ4n) is 1.80. The molecule has 0 saturated carbocycles. The Morgan fingerprint density at radius 1 is 1.37 bits per heavy atom. The van der Waals surface area contributed by atoms with Gasteiger partial charge in [-0.05, 0) is 34.1 Å². The number of aromatic nitrogens is 1. The second kappa shape index (κ2) is 6.43. The smallest absolute Gasteiger partial charge is 0.147 e. The minimum Gasteiger partial charge on any atom is -0.271 e. The lowest BCUT2D eigenvalue weighted by Gasteiger charge is -2.17. The minimum atomic E-state index is -0.477. The second-order valence-electron chi connectivity index (χ2n) is 4.01. The Hall–Kier alpha value is -1.01. The van der Waals surface area contributed by atoms with E-state index in [1.165, 1.54) is 0 Å². The van der Waals surface area contributed by atoms with Crippen LogP contribution in [0.25, 0.3) is 0 Å². The first-order chi connectivity index (χ1) is 9.13. The largest absolute Gasteiger partial charge is 0.271 e. The Balaban J connectivity index is 2.30. The number of hydrogen-bond acceptors (Lipinski definition) is 3. The van der Waals surface area contributed by atoms with Crippen LogP contribution in [-0.2, 0) is 6.42 Å². The summed E-state index contributed by atoms with van der Waals surface area (Å²) in [5.41, 5.74) is 3.84. The molecule has 2 rings (SSSR count). The standard InChI is InChI=1S/C13H12BrClFN3/c14-10-5-4-9(13(16)12(10)15)11(19-17)7-8-3-1-2-6-18-8/h1-6,11,19H,7,17H2. The highest BCUT2D eigenvalue weighted by Crippen LogP contribution is 2.31. The van der Waals surface area contributed by atoms with Crippen molar-refractivity contribution in [2.24, 2.45) is 5.84 Å². The van der Waals surface area contributed by atoms with Gasteiger partial charge in [-0.25, -0.2) is 4.39 Å². The van der Waals surface area contributed by atoms with Gasteiger partial charge in [-0.2, -0.15) is 0 Å². The lowest BCUT2D eigenvalue weighted by Crippen LogP contribution is -2.30. The molecule has 0 fully saturated rings. The van der Waals surface area contributed by atoms with E-state index in [1.807, 2.05) is 18.2 Å². The molecule has 2 aromatic rings. The van der Waals surface area contributed by atoms with Crippen LogP contribution in [0.15, 0.2) is 41.0 Å². The third kappa shape index (κ3) is 3.30. The van der Waals surface area contributed by atoms with E-state index in [9.17, 15) is 4.39 Å². The third-order valence-corrected chi connectivity index (χ3v) is 4.04. The molecule has 1 aromatic heterocycles. The Morgan fingerprint density at radius 2 is 2.16 bits per heavy atom. The van der Waals surface area contributed by atoms with E-state index in [2.05, 4.69) is 26.3 Å². The van der Waals surface area contributed by atoms with Crippen LogP contribution in [0.1, 0.15) is 17.3 Å². The quantitative estimate of drug-likeness (QED) is 0.508. The van der Waals surface area contributed by atoms with Crippen molar-refractivity contribution in [2.75, 3.05) is 0 Å². The highest BCUT2D eigenvalue weighted by Gasteiger charge is 2.18. The molecular weight excluding hydrogens is 333 g/mol. The van der Waals surface area contributed by atoms with E-state index in [1.54, 1.807) is 18.3 Å². The highest BCUT2D eigenvalue weighted by atomic mass is 79.9. The zero-order valence-electron chi connectivity index (χ0n) is 9.91. The van der Waals surface area contributed by atoms with E-state index < -0.39 is 5.82 Å².